The van der Waals surface area contributed by atoms with E-state index in [0.29, 0.717) is 5.56 Å². The number of rotatable bonds is 4. The van der Waals surface area contributed by atoms with Gasteiger partial charge in [0.25, 0.3) is 5.91 Å². The summed E-state index contributed by atoms with van der Waals surface area (Å²) in [4.78, 5) is 25.6. The average molecular weight is 289 g/mol. The molecule has 0 radical (unpaired) electrons. The van der Waals surface area contributed by atoms with Crippen LogP contribution in [0.1, 0.15) is 54.4 Å². The highest BCUT2D eigenvalue weighted by molar-refractivity contribution is 5.95. The summed E-state index contributed by atoms with van der Waals surface area (Å²) < 4.78 is 0. The maximum atomic E-state index is 12.7. The van der Waals surface area contributed by atoms with E-state index in [1.54, 1.807) is 11.9 Å². The Morgan fingerprint density at radius 3 is 2.24 bits per heavy atom. The molecule has 21 heavy (non-hydrogen) atoms. The zero-order valence-corrected chi connectivity index (χ0v) is 12.8. The number of nitrogens with zero attached hydrogens (tertiary/aromatic N) is 1. The second-order valence-electron chi connectivity index (χ2n) is 6.09. The van der Waals surface area contributed by atoms with E-state index in [0.717, 1.165) is 37.7 Å². The summed E-state index contributed by atoms with van der Waals surface area (Å²) in [7, 11) is 1.75. The molecule has 0 heterocycles. The lowest BCUT2D eigenvalue weighted by molar-refractivity contribution is -0.140. The molecular formula is C17H23NO3. The molecule has 4 heteroatoms. The first kappa shape index (κ1) is 15.5. The molecule has 4 nitrogen and oxygen atoms in total. The van der Waals surface area contributed by atoms with Crippen LogP contribution in [0.5, 0.6) is 0 Å². The van der Waals surface area contributed by atoms with Crippen LogP contribution < -0.4 is 0 Å². The molecule has 0 saturated heterocycles. The Hall–Kier alpha value is -1.84. The maximum absolute atomic E-state index is 12.7. The molecule has 2 rings (SSSR count). The number of carbonyl (C=O) groups excluding carboxylic acids is 1. The van der Waals surface area contributed by atoms with Gasteiger partial charge in [0.2, 0.25) is 0 Å². The lowest BCUT2D eigenvalue weighted by Gasteiger charge is -2.44. The zero-order valence-electron chi connectivity index (χ0n) is 12.8. The van der Waals surface area contributed by atoms with Crippen molar-refractivity contribution in [3.63, 3.8) is 0 Å². The molecule has 1 amide bonds. The number of amides is 1. The number of hydrogen-bond acceptors (Lipinski definition) is 2. The molecule has 0 aromatic heterocycles. The van der Waals surface area contributed by atoms with Crippen molar-refractivity contribution in [2.75, 3.05) is 7.05 Å². The number of hydrogen-bond donors (Lipinski definition) is 1. The third kappa shape index (κ3) is 3.43. The minimum atomic E-state index is -0.833. The molecule has 1 saturated carbocycles. The molecule has 1 aliphatic carbocycles. The number of benzene rings is 1. The third-order valence-electron chi connectivity index (χ3n) is 4.58. The molecule has 1 aromatic rings. The largest absolute Gasteiger partial charge is 0.481 e. The summed E-state index contributed by atoms with van der Waals surface area (Å²) in [6, 6.07) is 7.44. The topological polar surface area (TPSA) is 57.6 Å². The van der Waals surface area contributed by atoms with Crippen LogP contribution in [-0.4, -0.2) is 34.5 Å². The molecular weight excluding hydrogens is 266 g/mol. The molecule has 1 aromatic carbocycles. The van der Waals surface area contributed by atoms with Gasteiger partial charge >= 0.3 is 5.97 Å². The molecule has 1 N–H and O–H groups in total. The van der Waals surface area contributed by atoms with Crippen LogP contribution in [0.25, 0.3) is 0 Å². The van der Waals surface area contributed by atoms with Gasteiger partial charge in [-0.2, -0.15) is 0 Å². The molecule has 0 bridgehead atoms. The first-order valence-electron chi connectivity index (χ1n) is 7.51. The van der Waals surface area contributed by atoms with Gasteiger partial charge in [-0.25, -0.2) is 0 Å². The van der Waals surface area contributed by atoms with Crippen molar-refractivity contribution in [1.29, 1.82) is 0 Å². The van der Waals surface area contributed by atoms with Crippen LogP contribution >= 0.6 is 0 Å². The number of carboxylic acids is 1. The third-order valence-corrected chi connectivity index (χ3v) is 4.58. The number of aryl methyl sites for hydroxylation is 1. The van der Waals surface area contributed by atoms with Crippen molar-refractivity contribution >= 4 is 11.9 Å². The van der Waals surface area contributed by atoms with Gasteiger partial charge in [0.15, 0.2) is 0 Å². The van der Waals surface area contributed by atoms with Crippen molar-refractivity contribution in [3.05, 3.63) is 35.4 Å². The summed E-state index contributed by atoms with van der Waals surface area (Å²) in [5.41, 5.74) is 1.19. The molecule has 0 atom stereocenters. The Morgan fingerprint density at radius 1 is 1.14 bits per heavy atom. The smallest absolute Gasteiger partial charge is 0.305 e. The van der Waals surface area contributed by atoms with Gasteiger partial charge in [-0.15, -0.1) is 0 Å². The van der Waals surface area contributed by atoms with Crippen LogP contribution in [0.2, 0.25) is 0 Å². The predicted molar refractivity (Wildman–Crippen MR) is 81.3 cm³/mol. The summed E-state index contributed by atoms with van der Waals surface area (Å²) in [6.45, 7) is 1.98. The van der Waals surface area contributed by atoms with Crippen molar-refractivity contribution in [2.45, 2.75) is 51.0 Å². The van der Waals surface area contributed by atoms with E-state index in [1.165, 1.54) is 0 Å². The maximum Gasteiger partial charge on any atom is 0.305 e. The normalized spacial score (nSPS) is 17.2. The number of carboxylic acid groups (broad SMARTS) is 1. The molecule has 1 fully saturated rings. The van der Waals surface area contributed by atoms with Gasteiger partial charge in [-0.1, -0.05) is 37.0 Å². The van der Waals surface area contributed by atoms with E-state index < -0.39 is 11.5 Å². The number of carbonyl (C=O) groups is 2. The van der Waals surface area contributed by atoms with Crippen molar-refractivity contribution in [1.82, 2.24) is 4.90 Å². The number of aliphatic carboxylic acids is 1. The summed E-state index contributed by atoms with van der Waals surface area (Å²) in [6.07, 6.45) is 4.66. The second-order valence-corrected chi connectivity index (χ2v) is 6.09. The van der Waals surface area contributed by atoms with E-state index in [-0.39, 0.29) is 12.3 Å². The lowest BCUT2D eigenvalue weighted by Crippen LogP contribution is -2.52. The quantitative estimate of drug-likeness (QED) is 0.925. The van der Waals surface area contributed by atoms with E-state index in [4.69, 9.17) is 0 Å². The Morgan fingerprint density at radius 2 is 1.71 bits per heavy atom. The van der Waals surface area contributed by atoms with E-state index in [1.807, 2.05) is 31.2 Å². The minimum Gasteiger partial charge on any atom is -0.481 e. The highest BCUT2D eigenvalue weighted by Gasteiger charge is 2.40. The van der Waals surface area contributed by atoms with Gasteiger partial charge < -0.3 is 10.0 Å². The fourth-order valence-corrected chi connectivity index (χ4v) is 3.23. The fraction of sp³-hybridized carbons (Fsp3) is 0.529. The molecule has 0 unspecified atom stereocenters. The highest BCUT2D eigenvalue weighted by atomic mass is 16.4. The monoisotopic (exact) mass is 289 g/mol. The van der Waals surface area contributed by atoms with E-state index in [2.05, 4.69) is 0 Å². The predicted octanol–water partition coefficient (Wildman–Crippen LogP) is 3.24. The van der Waals surface area contributed by atoms with Gasteiger partial charge in [0, 0.05) is 12.6 Å². The highest BCUT2D eigenvalue weighted by Crippen LogP contribution is 2.36. The molecule has 0 aliphatic heterocycles. The molecule has 0 spiro atoms. The van der Waals surface area contributed by atoms with Crippen LogP contribution in [0.15, 0.2) is 24.3 Å². The van der Waals surface area contributed by atoms with Gasteiger partial charge in [0.1, 0.15) is 0 Å². The van der Waals surface area contributed by atoms with E-state index in [9.17, 15) is 14.7 Å². The summed E-state index contributed by atoms with van der Waals surface area (Å²) in [5.74, 6) is -0.918. The van der Waals surface area contributed by atoms with Crippen LogP contribution in [0.4, 0.5) is 0 Å². The Balaban J connectivity index is 2.24. The van der Waals surface area contributed by atoms with Gasteiger partial charge in [-0.05, 0) is 31.9 Å². The average Bonchev–Trinajstić information content (AvgIpc) is 2.47. The minimum absolute atomic E-state index is 0.0289. The molecule has 114 valence electrons. The van der Waals surface area contributed by atoms with E-state index >= 15 is 0 Å². The lowest BCUT2D eigenvalue weighted by atomic mass is 9.78. The van der Waals surface area contributed by atoms with Crippen LogP contribution in [0.3, 0.4) is 0 Å². The van der Waals surface area contributed by atoms with Crippen molar-refractivity contribution in [2.24, 2.45) is 0 Å². The first-order valence-corrected chi connectivity index (χ1v) is 7.51. The van der Waals surface area contributed by atoms with Crippen molar-refractivity contribution in [3.8, 4) is 0 Å². The Bertz CT molecular complexity index is 515. The van der Waals surface area contributed by atoms with Gasteiger partial charge in [0.05, 0.1) is 12.0 Å². The standard InChI is InChI=1S/C17H23NO3/c1-13-6-8-14(9-7-13)16(21)18(2)17(12-15(19)20)10-4-3-5-11-17/h6-9H,3-5,10-12H2,1-2H3,(H,19,20). The first-order chi connectivity index (χ1) is 9.94. The molecule has 1 aliphatic rings. The second kappa shape index (κ2) is 6.29. The van der Waals surface area contributed by atoms with Gasteiger partial charge in [-0.3, -0.25) is 9.59 Å². The van der Waals surface area contributed by atoms with Crippen LogP contribution in [0, 0.1) is 6.92 Å². The fourth-order valence-electron chi connectivity index (χ4n) is 3.23. The van der Waals surface area contributed by atoms with Crippen LogP contribution in [-0.2, 0) is 4.79 Å². The summed E-state index contributed by atoms with van der Waals surface area (Å²) >= 11 is 0. The SMILES string of the molecule is Cc1ccc(C(=O)N(C)C2(CC(=O)O)CCCCC2)cc1. The summed E-state index contributed by atoms with van der Waals surface area (Å²) in [5, 5.41) is 9.23. The van der Waals surface area contributed by atoms with Crippen molar-refractivity contribution < 1.29 is 14.7 Å². The Labute approximate surface area is 125 Å². The zero-order chi connectivity index (χ0) is 15.5. The Kier molecular flexibility index (Phi) is 4.66.